The molecule has 0 heterocycles. The Morgan fingerprint density at radius 1 is 1.04 bits per heavy atom. The third-order valence-electron chi connectivity index (χ3n) is 3.76. The molecule has 2 rings (SSSR count). The van der Waals surface area contributed by atoms with Gasteiger partial charge in [0.05, 0.1) is 26.7 Å². The molecule has 0 radical (unpaired) electrons. The lowest BCUT2D eigenvalue weighted by atomic mass is 10.0. The Morgan fingerprint density at radius 2 is 1.74 bits per heavy atom. The molecule has 2 aromatic rings. The number of hydrogen-bond acceptors (Lipinski definition) is 3. The molecule has 4 nitrogen and oxygen atoms in total. The molecule has 0 aliphatic rings. The van der Waals surface area contributed by atoms with Gasteiger partial charge in [-0.2, -0.15) is 0 Å². The van der Waals surface area contributed by atoms with Crippen molar-refractivity contribution in [2.24, 2.45) is 0 Å². The highest BCUT2D eigenvalue weighted by atomic mass is 16.5. The number of benzene rings is 2. The summed E-state index contributed by atoms with van der Waals surface area (Å²) in [4.78, 5) is 12.3. The standard InChI is InChI=1S/C19H23NO3/c1-4-16(15-8-6-5-7-9-15)20-19(21)13-14-10-11-17(22-2)18(12-14)23-3/h5-12,16H,4,13H2,1-3H3,(H,20,21). The summed E-state index contributed by atoms with van der Waals surface area (Å²) in [5.74, 6) is 1.29. The zero-order valence-electron chi connectivity index (χ0n) is 13.8. The fourth-order valence-corrected chi connectivity index (χ4v) is 2.53. The molecule has 0 aliphatic heterocycles. The first kappa shape index (κ1) is 16.9. The Bertz CT molecular complexity index is 640. The topological polar surface area (TPSA) is 47.6 Å². The van der Waals surface area contributed by atoms with Gasteiger partial charge < -0.3 is 14.8 Å². The second-order valence-electron chi connectivity index (χ2n) is 5.31. The SMILES string of the molecule is CCC(NC(=O)Cc1ccc(OC)c(OC)c1)c1ccccc1. The summed E-state index contributed by atoms with van der Waals surface area (Å²) < 4.78 is 10.5. The molecule has 0 aromatic heterocycles. The lowest BCUT2D eigenvalue weighted by Crippen LogP contribution is -2.29. The average Bonchev–Trinajstić information content (AvgIpc) is 2.60. The van der Waals surface area contributed by atoms with E-state index in [0.717, 1.165) is 17.5 Å². The lowest BCUT2D eigenvalue weighted by Gasteiger charge is -2.17. The van der Waals surface area contributed by atoms with Gasteiger partial charge in [-0.3, -0.25) is 4.79 Å². The Labute approximate surface area is 137 Å². The predicted octanol–water partition coefficient (Wildman–Crippen LogP) is 3.51. The molecule has 0 fully saturated rings. The van der Waals surface area contributed by atoms with Gasteiger partial charge in [0.15, 0.2) is 11.5 Å². The maximum Gasteiger partial charge on any atom is 0.224 e. The summed E-state index contributed by atoms with van der Waals surface area (Å²) in [7, 11) is 3.18. The molecule has 122 valence electrons. The van der Waals surface area contributed by atoms with Gasteiger partial charge in [-0.25, -0.2) is 0 Å². The van der Waals surface area contributed by atoms with Crippen LogP contribution in [0.1, 0.15) is 30.5 Å². The largest absolute Gasteiger partial charge is 0.493 e. The maximum atomic E-state index is 12.3. The van der Waals surface area contributed by atoms with E-state index in [2.05, 4.69) is 12.2 Å². The van der Waals surface area contributed by atoms with Crippen molar-refractivity contribution < 1.29 is 14.3 Å². The van der Waals surface area contributed by atoms with E-state index in [4.69, 9.17) is 9.47 Å². The first-order valence-electron chi connectivity index (χ1n) is 7.73. The third kappa shape index (κ3) is 4.49. The normalized spacial score (nSPS) is 11.6. The van der Waals surface area contributed by atoms with Gasteiger partial charge in [0.25, 0.3) is 0 Å². The van der Waals surface area contributed by atoms with Crippen LogP contribution in [0.2, 0.25) is 0 Å². The van der Waals surface area contributed by atoms with Crippen molar-refractivity contribution in [2.45, 2.75) is 25.8 Å². The third-order valence-corrected chi connectivity index (χ3v) is 3.76. The molecule has 0 saturated carbocycles. The van der Waals surface area contributed by atoms with Crippen LogP contribution in [0.3, 0.4) is 0 Å². The molecular weight excluding hydrogens is 290 g/mol. The Balaban J connectivity index is 2.04. The number of ether oxygens (including phenoxy) is 2. The number of carbonyl (C=O) groups excluding carboxylic acids is 1. The molecule has 2 aromatic carbocycles. The van der Waals surface area contributed by atoms with Gasteiger partial charge in [0.1, 0.15) is 0 Å². The Hall–Kier alpha value is -2.49. The van der Waals surface area contributed by atoms with Crippen LogP contribution in [0, 0.1) is 0 Å². The Kier molecular flexibility index (Phi) is 6.03. The summed E-state index contributed by atoms with van der Waals surface area (Å²) in [5, 5.41) is 3.09. The summed E-state index contributed by atoms with van der Waals surface area (Å²) in [6.07, 6.45) is 1.16. The van der Waals surface area contributed by atoms with Crippen molar-refractivity contribution in [3.05, 3.63) is 59.7 Å². The Morgan fingerprint density at radius 3 is 2.35 bits per heavy atom. The van der Waals surface area contributed by atoms with Gasteiger partial charge in [-0.1, -0.05) is 43.3 Å². The zero-order chi connectivity index (χ0) is 16.7. The van der Waals surface area contributed by atoms with E-state index < -0.39 is 0 Å². The number of carbonyl (C=O) groups is 1. The van der Waals surface area contributed by atoms with E-state index in [0.29, 0.717) is 17.9 Å². The predicted molar refractivity (Wildman–Crippen MR) is 90.9 cm³/mol. The van der Waals surface area contributed by atoms with Crippen LogP contribution in [0.15, 0.2) is 48.5 Å². The van der Waals surface area contributed by atoms with Crippen LogP contribution >= 0.6 is 0 Å². The summed E-state index contributed by atoms with van der Waals surface area (Å²) in [5.41, 5.74) is 2.01. The van der Waals surface area contributed by atoms with Gasteiger partial charge >= 0.3 is 0 Å². The van der Waals surface area contributed by atoms with Gasteiger partial charge in [-0.15, -0.1) is 0 Å². The maximum absolute atomic E-state index is 12.3. The highest BCUT2D eigenvalue weighted by Gasteiger charge is 2.13. The lowest BCUT2D eigenvalue weighted by molar-refractivity contribution is -0.121. The van der Waals surface area contributed by atoms with E-state index in [-0.39, 0.29) is 11.9 Å². The van der Waals surface area contributed by atoms with Crippen LogP contribution in [0.4, 0.5) is 0 Å². The summed E-state index contributed by atoms with van der Waals surface area (Å²) in [6.45, 7) is 2.06. The summed E-state index contributed by atoms with van der Waals surface area (Å²) >= 11 is 0. The van der Waals surface area contributed by atoms with Crippen LogP contribution in [0.25, 0.3) is 0 Å². The zero-order valence-corrected chi connectivity index (χ0v) is 13.8. The van der Waals surface area contributed by atoms with Crippen molar-refractivity contribution in [1.82, 2.24) is 5.32 Å². The number of methoxy groups -OCH3 is 2. The molecule has 23 heavy (non-hydrogen) atoms. The fourth-order valence-electron chi connectivity index (χ4n) is 2.53. The second kappa shape index (κ2) is 8.22. The number of rotatable bonds is 7. The summed E-state index contributed by atoms with van der Waals surface area (Å²) in [6, 6.07) is 15.6. The molecule has 1 amide bonds. The monoisotopic (exact) mass is 313 g/mol. The van der Waals surface area contributed by atoms with E-state index in [1.165, 1.54) is 0 Å². The van der Waals surface area contributed by atoms with Gasteiger partial charge in [0.2, 0.25) is 5.91 Å². The van der Waals surface area contributed by atoms with Crippen molar-refractivity contribution in [3.63, 3.8) is 0 Å². The van der Waals surface area contributed by atoms with E-state index in [1.807, 2.05) is 48.5 Å². The molecule has 0 spiro atoms. The molecule has 1 atom stereocenters. The first-order chi connectivity index (χ1) is 11.2. The van der Waals surface area contributed by atoms with E-state index >= 15 is 0 Å². The molecule has 1 unspecified atom stereocenters. The molecule has 0 saturated heterocycles. The highest BCUT2D eigenvalue weighted by molar-refractivity contribution is 5.79. The van der Waals surface area contributed by atoms with Crippen LogP contribution in [0.5, 0.6) is 11.5 Å². The fraction of sp³-hybridized carbons (Fsp3) is 0.316. The van der Waals surface area contributed by atoms with Crippen molar-refractivity contribution in [1.29, 1.82) is 0 Å². The van der Waals surface area contributed by atoms with Crippen molar-refractivity contribution in [2.75, 3.05) is 14.2 Å². The number of amides is 1. The highest BCUT2D eigenvalue weighted by Crippen LogP contribution is 2.27. The molecule has 0 bridgehead atoms. The molecule has 1 N–H and O–H groups in total. The second-order valence-corrected chi connectivity index (χ2v) is 5.31. The minimum atomic E-state index is -0.00655. The minimum absolute atomic E-state index is 0.00655. The van der Waals surface area contributed by atoms with Crippen molar-refractivity contribution in [3.8, 4) is 11.5 Å². The minimum Gasteiger partial charge on any atom is -0.493 e. The number of hydrogen-bond donors (Lipinski definition) is 1. The quantitative estimate of drug-likeness (QED) is 0.851. The van der Waals surface area contributed by atoms with E-state index in [9.17, 15) is 4.79 Å². The van der Waals surface area contributed by atoms with Crippen LogP contribution in [-0.4, -0.2) is 20.1 Å². The number of nitrogens with one attached hydrogen (secondary N) is 1. The van der Waals surface area contributed by atoms with Crippen LogP contribution in [-0.2, 0) is 11.2 Å². The first-order valence-corrected chi connectivity index (χ1v) is 7.73. The van der Waals surface area contributed by atoms with Gasteiger partial charge in [0, 0.05) is 0 Å². The van der Waals surface area contributed by atoms with Gasteiger partial charge in [-0.05, 0) is 29.7 Å². The smallest absolute Gasteiger partial charge is 0.224 e. The van der Waals surface area contributed by atoms with E-state index in [1.54, 1.807) is 14.2 Å². The molecular formula is C19H23NO3. The van der Waals surface area contributed by atoms with Crippen LogP contribution < -0.4 is 14.8 Å². The molecule has 0 aliphatic carbocycles. The molecule has 4 heteroatoms. The van der Waals surface area contributed by atoms with Crippen molar-refractivity contribution >= 4 is 5.91 Å². The average molecular weight is 313 g/mol.